The molecule has 0 radical (unpaired) electrons. The van der Waals surface area contributed by atoms with Crippen LogP contribution in [0.15, 0.2) is 42.5 Å². The van der Waals surface area contributed by atoms with Crippen LogP contribution in [0, 0.1) is 6.92 Å². The van der Waals surface area contributed by atoms with Crippen LogP contribution >= 0.6 is 7.60 Å². The number of amides is 1. The number of aryl methyl sites for hydroxylation is 1. The van der Waals surface area contributed by atoms with E-state index in [1.165, 1.54) is 18.2 Å². The summed E-state index contributed by atoms with van der Waals surface area (Å²) in [7, 11) is -7.82. The molecule has 2 aromatic carbocycles. The van der Waals surface area contributed by atoms with Gasteiger partial charge < -0.3 is 14.4 Å². The molecule has 1 N–H and O–H groups in total. The van der Waals surface area contributed by atoms with Gasteiger partial charge in [-0.2, -0.15) is 0 Å². The molecule has 10 heteroatoms. The Morgan fingerprint density at radius 3 is 2.42 bits per heavy atom. The topological polar surface area (TPSA) is 116 Å². The van der Waals surface area contributed by atoms with Crippen molar-refractivity contribution in [3.05, 3.63) is 59.2 Å². The molecule has 0 saturated carbocycles. The van der Waals surface area contributed by atoms with E-state index in [1.807, 2.05) is 0 Å². The van der Waals surface area contributed by atoms with E-state index in [1.54, 1.807) is 45.0 Å². The van der Waals surface area contributed by atoms with Crippen molar-refractivity contribution in [2.45, 2.75) is 26.0 Å². The molecule has 8 nitrogen and oxygen atoms in total. The Labute approximate surface area is 181 Å². The first-order valence-electron chi connectivity index (χ1n) is 9.78. The summed E-state index contributed by atoms with van der Waals surface area (Å²) in [6.07, 6.45) is 0. The standard InChI is InChI=1S/C21H24NO7PS/c1-4-28-30(25,29-5-2)19-9-7-6-8-17(19)22-21(24)20-15-11-10-14(3)12-16(15)18(23)13-31(20,26)27/h6-12,20H,4-5,13H2,1-3H3,(H,22,24). The Hall–Kier alpha value is -2.32. The lowest BCUT2D eigenvalue weighted by atomic mass is 9.98. The van der Waals surface area contributed by atoms with Crippen molar-refractivity contribution in [1.82, 2.24) is 0 Å². The van der Waals surface area contributed by atoms with E-state index in [4.69, 9.17) is 9.05 Å². The summed E-state index contributed by atoms with van der Waals surface area (Å²) < 4.78 is 49.5. The number of Topliss-reactive ketones (excluding diaryl/α,β-unsaturated/α-hetero) is 1. The fourth-order valence-electron chi connectivity index (χ4n) is 3.51. The minimum Gasteiger partial charge on any atom is -0.324 e. The Balaban J connectivity index is 2.04. The molecule has 31 heavy (non-hydrogen) atoms. The zero-order chi connectivity index (χ0) is 22.8. The van der Waals surface area contributed by atoms with Gasteiger partial charge in [0, 0.05) is 5.56 Å². The summed E-state index contributed by atoms with van der Waals surface area (Å²) in [5, 5.41) is 1.13. The van der Waals surface area contributed by atoms with E-state index in [2.05, 4.69) is 5.32 Å². The highest BCUT2D eigenvalue weighted by atomic mass is 32.2. The molecule has 1 amide bonds. The molecule has 2 aromatic rings. The molecule has 0 aliphatic carbocycles. The number of carbonyl (C=O) groups excluding carboxylic acids is 2. The number of anilines is 1. The molecular formula is C21H24NO7PS. The van der Waals surface area contributed by atoms with Gasteiger partial charge in [-0.1, -0.05) is 29.8 Å². The Morgan fingerprint density at radius 2 is 1.77 bits per heavy atom. The minimum atomic E-state index is -4.08. The summed E-state index contributed by atoms with van der Waals surface area (Å²) in [6, 6.07) is 10.9. The summed E-state index contributed by atoms with van der Waals surface area (Å²) in [4.78, 5) is 25.5. The molecule has 0 saturated heterocycles. The third-order valence-corrected chi connectivity index (χ3v) is 8.80. The average molecular weight is 465 g/mol. The van der Waals surface area contributed by atoms with Gasteiger partial charge in [0.15, 0.2) is 20.9 Å². The number of hydrogen-bond acceptors (Lipinski definition) is 7. The van der Waals surface area contributed by atoms with Gasteiger partial charge in [0.1, 0.15) is 5.75 Å². The molecule has 1 aliphatic heterocycles. The second kappa shape index (κ2) is 9.04. The molecule has 0 aromatic heterocycles. The summed E-state index contributed by atoms with van der Waals surface area (Å²) in [5.74, 6) is -2.13. The minimum absolute atomic E-state index is 0.116. The van der Waals surface area contributed by atoms with Crippen molar-refractivity contribution in [1.29, 1.82) is 0 Å². The van der Waals surface area contributed by atoms with Gasteiger partial charge in [-0.15, -0.1) is 0 Å². The summed E-state index contributed by atoms with van der Waals surface area (Å²) in [5.41, 5.74) is 1.26. The van der Waals surface area contributed by atoms with Gasteiger partial charge in [0.25, 0.3) is 0 Å². The largest absolute Gasteiger partial charge is 0.363 e. The predicted octanol–water partition coefficient (Wildman–Crippen LogP) is 3.18. The lowest BCUT2D eigenvalue weighted by Crippen LogP contribution is -2.37. The fraction of sp³-hybridized carbons (Fsp3) is 0.333. The SMILES string of the molecule is CCOP(=O)(OCC)c1ccccc1NC(=O)C1c2ccc(C)cc2C(=O)CS1(=O)=O. The number of fused-ring (bicyclic) bond motifs is 1. The van der Waals surface area contributed by atoms with Gasteiger partial charge in [0.2, 0.25) is 5.91 Å². The smallest absolute Gasteiger partial charge is 0.324 e. The van der Waals surface area contributed by atoms with Gasteiger partial charge in [0.05, 0.1) is 24.2 Å². The van der Waals surface area contributed by atoms with E-state index in [-0.39, 0.29) is 35.3 Å². The third kappa shape index (κ3) is 4.65. The van der Waals surface area contributed by atoms with Crippen molar-refractivity contribution in [3.63, 3.8) is 0 Å². The number of sulfone groups is 1. The van der Waals surface area contributed by atoms with E-state index < -0.39 is 40.1 Å². The van der Waals surface area contributed by atoms with Crippen LogP contribution < -0.4 is 10.6 Å². The number of benzene rings is 2. The van der Waals surface area contributed by atoms with Crippen LogP contribution in [-0.4, -0.2) is 39.1 Å². The van der Waals surface area contributed by atoms with Crippen LogP contribution in [0.4, 0.5) is 5.69 Å². The van der Waals surface area contributed by atoms with Crippen molar-refractivity contribution in [2.75, 3.05) is 24.3 Å². The van der Waals surface area contributed by atoms with Gasteiger partial charge in [-0.05, 0) is 44.5 Å². The highest BCUT2D eigenvalue weighted by Crippen LogP contribution is 2.48. The first-order valence-corrected chi connectivity index (χ1v) is 13.0. The molecule has 0 spiro atoms. The van der Waals surface area contributed by atoms with Gasteiger partial charge >= 0.3 is 7.60 Å². The quantitative estimate of drug-likeness (QED) is 0.625. The zero-order valence-electron chi connectivity index (χ0n) is 17.5. The molecule has 1 aliphatic rings. The maximum absolute atomic E-state index is 13.2. The zero-order valence-corrected chi connectivity index (χ0v) is 19.2. The number of para-hydroxylation sites is 1. The van der Waals surface area contributed by atoms with Crippen molar-refractivity contribution < 1.29 is 31.6 Å². The molecular weight excluding hydrogens is 441 g/mol. The molecule has 0 fully saturated rings. The second-order valence-corrected chi connectivity index (χ2v) is 11.1. The van der Waals surface area contributed by atoms with Gasteiger partial charge in [-0.25, -0.2) is 8.42 Å². The van der Waals surface area contributed by atoms with Crippen LogP contribution in [0.2, 0.25) is 0 Å². The fourth-order valence-corrected chi connectivity index (χ4v) is 6.91. The number of rotatable bonds is 7. The monoisotopic (exact) mass is 465 g/mol. The second-order valence-electron chi connectivity index (χ2n) is 7.04. The van der Waals surface area contributed by atoms with Crippen molar-refractivity contribution in [2.24, 2.45) is 0 Å². The summed E-state index contributed by atoms with van der Waals surface area (Å²) in [6.45, 7) is 5.34. The molecule has 3 rings (SSSR count). The number of nitrogens with one attached hydrogen (secondary N) is 1. The molecule has 166 valence electrons. The van der Waals surface area contributed by atoms with E-state index in [0.717, 1.165) is 5.56 Å². The highest BCUT2D eigenvalue weighted by molar-refractivity contribution is 7.93. The van der Waals surface area contributed by atoms with Crippen LogP contribution in [0.5, 0.6) is 0 Å². The number of hydrogen-bond donors (Lipinski definition) is 1. The van der Waals surface area contributed by atoms with Crippen LogP contribution in [0.1, 0.15) is 40.6 Å². The average Bonchev–Trinajstić information content (AvgIpc) is 2.68. The van der Waals surface area contributed by atoms with Crippen LogP contribution in [-0.2, 0) is 28.2 Å². The lowest BCUT2D eigenvalue weighted by molar-refractivity contribution is -0.115. The van der Waals surface area contributed by atoms with E-state index in [9.17, 15) is 22.6 Å². The third-order valence-electron chi connectivity index (χ3n) is 4.78. The van der Waals surface area contributed by atoms with Crippen LogP contribution in [0.25, 0.3) is 0 Å². The van der Waals surface area contributed by atoms with Gasteiger partial charge in [-0.3, -0.25) is 14.2 Å². The van der Waals surface area contributed by atoms with Crippen molar-refractivity contribution >= 4 is 40.1 Å². The molecule has 1 atom stereocenters. The molecule has 1 unspecified atom stereocenters. The lowest BCUT2D eigenvalue weighted by Gasteiger charge is -2.25. The Kier molecular flexibility index (Phi) is 6.81. The maximum Gasteiger partial charge on any atom is 0.363 e. The van der Waals surface area contributed by atoms with Crippen LogP contribution in [0.3, 0.4) is 0 Å². The highest BCUT2D eigenvalue weighted by Gasteiger charge is 2.43. The maximum atomic E-state index is 13.2. The van der Waals surface area contributed by atoms with Crippen molar-refractivity contribution in [3.8, 4) is 0 Å². The van der Waals surface area contributed by atoms with E-state index >= 15 is 0 Å². The van der Waals surface area contributed by atoms with E-state index in [0.29, 0.717) is 0 Å². The molecule has 0 bridgehead atoms. The normalized spacial score (nSPS) is 17.8. The number of ketones is 1. The predicted molar refractivity (Wildman–Crippen MR) is 118 cm³/mol. The number of carbonyl (C=O) groups is 2. The Bertz CT molecular complexity index is 1170. The molecule has 1 heterocycles. The first-order chi connectivity index (χ1) is 14.6. The first kappa shape index (κ1) is 23.3. The Morgan fingerprint density at radius 1 is 1.13 bits per heavy atom. The summed E-state index contributed by atoms with van der Waals surface area (Å²) >= 11 is 0.